The summed E-state index contributed by atoms with van der Waals surface area (Å²) in [6.45, 7) is 2.69. The van der Waals surface area contributed by atoms with Crippen LogP contribution < -0.4 is 5.73 Å². The molecule has 1 atom stereocenters. The molecule has 1 fully saturated rings. The number of hydrogen-bond donors (Lipinski definition) is 1. The van der Waals surface area contributed by atoms with Crippen molar-refractivity contribution in [3.63, 3.8) is 0 Å². The summed E-state index contributed by atoms with van der Waals surface area (Å²) in [5, 5.41) is 3.70. The number of aryl methyl sites for hydroxylation is 1. The highest BCUT2D eigenvalue weighted by molar-refractivity contribution is 7.88. The lowest BCUT2D eigenvalue weighted by atomic mass is 10.1. The summed E-state index contributed by atoms with van der Waals surface area (Å²) in [6, 6.07) is 1.58. The van der Waals surface area contributed by atoms with Crippen LogP contribution in [-0.4, -0.2) is 37.0 Å². The zero-order chi connectivity index (χ0) is 12.5. The summed E-state index contributed by atoms with van der Waals surface area (Å²) in [7, 11) is -3.33. The van der Waals surface area contributed by atoms with Crippen LogP contribution in [0.3, 0.4) is 0 Å². The van der Waals surface area contributed by atoms with Crippen molar-refractivity contribution in [3.05, 3.63) is 17.5 Å². The number of sulfonamides is 1. The number of rotatable bonds is 3. The van der Waals surface area contributed by atoms with E-state index in [4.69, 9.17) is 10.3 Å². The Morgan fingerprint density at radius 1 is 1.65 bits per heavy atom. The Bertz CT molecular complexity index is 483. The molecule has 0 aromatic carbocycles. The topological polar surface area (TPSA) is 89.4 Å². The van der Waals surface area contributed by atoms with Crippen LogP contribution in [0.1, 0.15) is 24.3 Å². The standard InChI is InChI=1S/C10H17N3O3S/c1-8-5-10(12-16-8)7-17(14,15)13-4-2-3-9(11)6-13/h5,9H,2-4,6-7,11H2,1H3. The van der Waals surface area contributed by atoms with Gasteiger partial charge in [0.2, 0.25) is 10.0 Å². The molecule has 1 unspecified atom stereocenters. The Labute approximate surface area is 101 Å². The monoisotopic (exact) mass is 259 g/mol. The molecule has 1 aliphatic heterocycles. The first-order valence-corrected chi connectivity index (χ1v) is 7.24. The van der Waals surface area contributed by atoms with E-state index in [0.29, 0.717) is 24.5 Å². The number of piperidine rings is 1. The van der Waals surface area contributed by atoms with Crippen molar-refractivity contribution in [1.29, 1.82) is 0 Å². The van der Waals surface area contributed by atoms with Gasteiger partial charge in [0.1, 0.15) is 17.2 Å². The van der Waals surface area contributed by atoms with Gasteiger partial charge in [-0.3, -0.25) is 0 Å². The third-order valence-corrected chi connectivity index (χ3v) is 4.60. The fourth-order valence-electron chi connectivity index (χ4n) is 1.99. The second-order valence-electron chi connectivity index (χ2n) is 4.45. The highest BCUT2D eigenvalue weighted by Gasteiger charge is 2.28. The van der Waals surface area contributed by atoms with Crippen LogP contribution in [0.2, 0.25) is 0 Å². The maximum Gasteiger partial charge on any atom is 0.220 e. The largest absolute Gasteiger partial charge is 0.361 e. The average molecular weight is 259 g/mol. The number of aromatic nitrogens is 1. The molecule has 17 heavy (non-hydrogen) atoms. The molecule has 0 aliphatic carbocycles. The molecule has 2 N–H and O–H groups in total. The first-order valence-electron chi connectivity index (χ1n) is 5.63. The predicted octanol–water partition coefficient (Wildman–Crippen LogP) is 0.236. The number of nitrogens with zero attached hydrogens (tertiary/aromatic N) is 2. The van der Waals surface area contributed by atoms with Gasteiger partial charge in [-0.05, 0) is 19.8 Å². The third kappa shape index (κ3) is 3.05. The number of hydrogen-bond acceptors (Lipinski definition) is 5. The average Bonchev–Trinajstić information content (AvgIpc) is 2.63. The zero-order valence-corrected chi connectivity index (χ0v) is 10.6. The van der Waals surface area contributed by atoms with Crippen LogP contribution in [0.4, 0.5) is 0 Å². The fourth-order valence-corrected chi connectivity index (χ4v) is 3.51. The summed E-state index contributed by atoms with van der Waals surface area (Å²) in [4.78, 5) is 0. The van der Waals surface area contributed by atoms with Gasteiger partial charge >= 0.3 is 0 Å². The predicted molar refractivity (Wildman–Crippen MR) is 62.6 cm³/mol. The molecule has 1 aromatic rings. The van der Waals surface area contributed by atoms with Crippen molar-refractivity contribution < 1.29 is 12.9 Å². The van der Waals surface area contributed by atoms with Gasteiger partial charge in [0.05, 0.1) is 0 Å². The molecule has 96 valence electrons. The van der Waals surface area contributed by atoms with Crippen LogP contribution in [-0.2, 0) is 15.8 Å². The lowest BCUT2D eigenvalue weighted by Gasteiger charge is -2.29. The van der Waals surface area contributed by atoms with Crippen molar-refractivity contribution in [2.45, 2.75) is 31.6 Å². The van der Waals surface area contributed by atoms with Crippen molar-refractivity contribution >= 4 is 10.0 Å². The smallest absolute Gasteiger partial charge is 0.220 e. The minimum atomic E-state index is -3.33. The summed E-state index contributed by atoms with van der Waals surface area (Å²) in [5.41, 5.74) is 6.23. The van der Waals surface area contributed by atoms with E-state index in [9.17, 15) is 8.42 Å². The molecule has 0 spiro atoms. The summed E-state index contributed by atoms with van der Waals surface area (Å²) < 4.78 is 30.5. The summed E-state index contributed by atoms with van der Waals surface area (Å²) in [6.07, 6.45) is 1.70. The van der Waals surface area contributed by atoms with Crippen LogP contribution >= 0.6 is 0 Å². The quantitative estimate of drug-likeness (QED) is 0.839. The zero-order valence-electron chi connectivity index (χ0n) is 9.80. The van der Waals surface area contributed by atoms with Crippen molar-refractivity contribution in [3.8, 4) is 0 Å². The first kappa shape index (κ1) is 12.5. The Kier molecular flexibility index (Phi) is 3.50. The molecule has 1 saturated heterocycles. The molecule has 0 radical (unpaired) electrons. The maximum absolute atomic E-state index is 12.1. The minimum Gasteiger partial charge on any atom is -0.361 e. The minimum absolute atomic E-state index is 0.0578. The lowest BCUT2D eigenvalue weighted by molar-refractivity contribution is 0.315. The maximum atomic E-state index is 12.1. The SMILES string of the molecule is Cc1cc(CS(=O)(=O)N2CCCC(N)C2)no1. The normalized spacial score (nSPS) is 22.8. The van der Waals surface area contributed by atoms with E-state index in [1.807, 2.05) is 0 Å². The molecule has 1 aliphatic rings. The molecule has 0 saturated carbocycles. The van der Waals surface area contributed by atoms with Crippen LogP contribution in [0.15, 0.2) is 10.6 Å². The second kappa shape index (κ2) is 4.75. The van der Waals surface area contributed by atoms with Crippen LogP contribution in [0, 0.1) is 6.92 Å². The van der Waals surface area contributed by atoms with E-state index in [0.717, 1.165) is 12.8 Å². The Balaban J connectivity index is 2.08. The molecule has 7 heteroatoms. The van der Waals surface area contributed by atoms with E-state index in [-0.39, 0.29) is 11.8 Å². The fraction of sp³-hybridized carbons (Fsp3) is 0.700. The van der Waals surface area contributed by atoms with E-state index in [2.05, 4.69) is 5.16 Å². The summed E-state index contributed by atoms with van der Waals surface area (Å²) >= 11 is 0. The lowest BCUT2D eigenvalue weighted by Crippen LogP contribution is -2.46. The first-order chi connectivity index (χ1) is 7.97. The molecule has 6 nitrogen and oxygen atoms in total. The van der Waals surface area contributed by atoms with Crippen molar-refractivity contribution in [1.82, 2.24) is 9.46 Å². The van der Waals surface area contributed by atoms with E-state index in [1.165, 1.54) is 4.31 Å². The molecule has 2 rings (SSSR count). The van der Waals surface area contributed by atoms with Gasteiger partial charge in [-0.15, -0.1) is 0 Å². The Morgan fingerprint density at radius 2 is 2.41 bits per heavy atom. The summed E-state index contributed by atoms with van der Waals surface area (Å²) in [5.74, 6) is 0.502. The van der Waals surface area contributed by atoms with Gasteiger partial charge < -0.3 is 10.3 Å². The molecule has 1 aromatic heterocycles. The Hall–Kier alpha value is -0.920. The van der Waals surface area contributed by atoms with E-state index in [1.54, 1.807) is 13.0 Å². The van der Waals surface area contributed by atoms with Crippen LogP contribution in [0.5, 0.6) is 0 Å². The van der Waals surface area contributed by atoms with Gasteiger partial charge in [0, 0.05) is 25.2 Å². The van der Waals surface area contributed by atoms with Crippen LogP contribution in [0.25, 0.3) is 0 Å². The van der Waals surface area contributed by atoms with Gasteiger partial charge in [0.15, 0.2) is 0 Å². The molecular weight excluding hydrogens is 242 g/mol. The molecule has 0 bridgehead atoms. The molecular formula is C10H17N3O3S. The van der Waals surface area contributed by atoms with E-state index < -0.39 is 10.0 Å². The molecule has 0 amide bonds. The van der Waals surface area contributed by atoms with Gasteiger partial charge in [-0.2, -0.15) is 0 Å². The highest BCUT2D eigenvalue weighted by Crippen LogP contribution is 2.16. The van der Waals surface area contributed by atoms with Gasteiger partial charge in [0.25, 0.3) is 0 Å². The van der Waals surface area contributed by atoms with Crippen molar-refractivity contribution in [2.24, 2.45) is 5.73 Å². The van der Waals surface area contributed by atoms with E-state index >= 15 is 0 Å². The molecule has 2 heterocycles. The third-order valence-electron chi connectivity index (χ3n) is 2.82. The van der Waals surface area contributed by atoms with Gasteiger partial charge in [-0.25, -0.2) is 12.7 Å². The Morgan fingerprint density at radius 3 is 3.00 bits per heavy atom. The highest BCUT2D eigenvalue weighted by atomic mass is 32.2. The second-order valence-corrected chi connectivity index (χ2v) is 6.41. The van der Waals surface area contributed by atoms with Crippen molar-refractivity contribution in [2.75, 3.05) is 13.1 Å². The van der Waals surface area contributed by atoms with Gasteiger partial charge in [-0.1, -0.05) is 5.16 Å². The number of nitrogens with two attached hydrogens (primary N) is 1.